The first kappa shape index (κ1) is 19.1. The number of fused-ring (bicyclic) bond motifs is 1. The van der Waals surface area contributed by atoms with Crippen LogP contribution >= 0.6 is 0 Å². The summed E-state index contributed by atoms with van der Waals surface area (Å²) in [6, 6.07) is 11.7. The van der Waals surface area contributed by atoms with Crippen molar-refractivity contribution in [2.75, 3.05) is 37.4 Å². The molecule has 1 fully saturated rings. The van der Waals surface area contributed by atoms with Crippen LogP contribution < -0.4 is 15.4 Å². The normalized spacial score (nSPS) is 14.9. The number of hydrogen-bond donors (Lipinski definition) is 1. The van der Waals surface area contributed by atoms with Gasteiger partial charge in [-0.05, 0) is 56.2 Å². The number of pyridine rings is 1. The van der Waals surface area contributed by atoms with Crippen molar-refractivity contribution in [1.29, 1.82) is 0 Å². The van der Waals surface area contributed by atoms with Crippen molar-refractivity contribution in [3.8, 4) is 5.75 Å². The summed E-state index contributed by atoms with van der Waals surface area (Å²) in [5.41, 5.74) is 7.44. The van der Waals surface area contributed by atoms with Crippen LogP contribution in [0.15, 0.2) is 48.8 Å². The van der Waals surface area contributed by atoms with Gasteiger partial charge >= 0.3 is 6.03 Å². The summed E-state index contributed by atoms with van der Waals surface area (Å²) in [4.78, 5) is 21.7. The molecule has 29 heavy (non-hydrogen) atoms. The summed E-state index contributed by atoms with van der Waals surface area (Å²) in [5.74, 6) is 1.65. The van der Waals surface area contributed by atoms with Gasteiger partial charge in [0.15, 0.2) is 11.6 Å². The van der Waals surface area contributed by atoms with Crippen LogP contribution in [0.3, 0.4) is 0 Å². The Kier molecular flexibility index (Phi) is 5.29. The van der Waals surface area contributed by atoms with Gasteiger partial charge in [0.1, 0.15) is 0 Å². The molecule has 7 heteroatoms. The molecule has 0 spiro atoms. The van der Waals surface area contributed by atoms with Crippen molar-refractivity contribution in [3.05, 3.63) is 48.8 Å². The first-order valence-corrected chi connectivity index (χ1v) is 10.0. The molecule has 1 aromatic carbocycles. The molecule has 3 heterocycles. The number of anilines is 2. The van der Waals surface area contributed by atoms with Gasteiger partial charge in [0.05, 0.1) is 12.1 Å². The Morgan fingerprint density at radius 3 is 2.83 bits per heavy atom. The van der Waals surface area contributed by atoms with Gasteiger partial charge in [-0.25, -0.2) is 9.78 Å². The van der Waals surface area contributed by atoms with E-state index in [1.807, 2.05) is 54.4 Å². The Hall–Kier alpha value is -3.22. The molecule has 0 aliphatic carbocycles. The first-order chi connectivity index (χ1) is 14.1. The molecule has 1 amide bonds. The van der Waals surface area contributed by atoms with Crippen LogP contribution in [0.2, 0.25) is 0 Å². The zero-order valence-corrected chi connectivity index (χ0v) is 16.9. The van der Waals surface area contributed by atoms with Crippen molar-refractivity contribution >= 4 is 28.4 Å². The molecule has 7 nitrogen and oxygen atoms in total. The molecular formula is C22H27N5O2. The van der Waals surface area contributed by atoms with Crippen molar-refractivity contribution in [1.82, 2.24) is 14.5 Å². The SMILES string of the molecule is CCOc1cccnc1N(C)C1CCN(C(=O)n2ccc3cc(N)ccc32)CC1. The molecule has 0 unspecified atom stereocenters. The van der Waals surface area contributed by atoms with Gasteiger partial charge < -0.3 is 20.3 Å². The number of piperidine rings is 1. The second-order valence-electron chi connectivity index (χ2n) is 7.37. The van der Waals surface area contributed by atoms with Gasteiger partial charge in [0, 0.05) is 49.6 Å². The molecule has 4 rings (SSSR count). The fraction of sp³-hybridized carbons (Fsp3) is 0.364. The lowest BCUT2D eigenvalue weighted by Gasteiger charge is -2.37. The Morgan fingerprint density at radius 2 is 2.07 bits per heavy atom. The zero-order valence-electron chi connectivity index (χ0n) is 16.9. The van der Waals surface area contributed by atoms with Gasteiger partial charge in [-0.3, -0.25) is 4.57 Å². The summed E-state index contributed by atoms with van der Waals surface area (Å²) in [7, 11) is 2.05. The van der Waals surface area contributed by atoms with Crippen molar-refractivity contribution in [3.63, 3.8) is 0 Å². The fourth-order valence-electron chi connectivity index (χ4n) is 4.01. The molecule has 0 saturated carbocycles. The minimum atomic E-state index is 0.0127. The number of nitrogen functional groups attached to an aromatic ring is 1. The first-order valence-electron chi connectivity index (χ1n) is 10.0. The molecule has 0 bridgehead atoms. The molecule has 1 aliphatic heterocycles. The standard InChI is InChI=1S/C22H27N5O2/c1-3-29-20-5-4-11-24-21(20)25(2)18-9-12-26(13-10-18)22(28)27-14-8-16-15-17(23)6-7-19(16)27/h4-8,11,14-15,18H,3,9-10,12-13,23H2,1-2H3. The third-order valence-electron chi connectivity index (χ3n) is 5.59. The van der Waals surface area contributed by atoms with E-state index >= 15 is 0 Å². The third-order valence-corrected chi connectivity index (χ3v) is 5.59. The molecule has 1 aliphatic rings. The number of benzene rings is 1. The number of aromatic nitrogens is 2. The van der Waals surface area contributed by atoms with Gasteiger partial charge in [0.25, 0.3) is 0 Å². The van der Waals surface area contributed by atoms with Crippen LogP contribution in [0.4, 0.5) is 16.3 Å². The number of hydrogen-bond acceptors (Lipinski definition) is 5. The Labute approximate surface area is 170 Å². The average molecular weight is 393 g/mol. The Balaban J connectivity index is 1.44. The second-order valence-corrected chi connectivity index (χ2v) is 7.37. The predicted octanol–water partition coefficient (Wildman–Crippen LogP) is 3.59. The highest BCUT2D eigenvalue weighted by atomic mass is 16.5. The summed E-state index contributed by atoms with van der Waals surface area (Å²) in [6.07, 6.45) is 5.39. The van der Waals surface area contributed by atoms with Crippen LogP contribution in [0, 0.1) is 0 Å². The Bertz CT molecular complexity index is 1010. The van der Waals surface area contributed by atoms with Gasteiger partial charge in [-0.15, -0.1) is 0 Å². The molecular weight excluding hydrogens is 366 g/mol. The maximum absolute atomic E-state index is 13.1. The van der Waals surface area contributed by atoms with E-state index in [1.165, 1.54) is 0 Å². The summed E-state index contributed by atoms with van der Waals surface area (Å²) < 4.78 is 7.44. The van der Waals surface area contributed by atoms with Gasteiger partial charge in [-0.1, -0.05) is 0 Å². The van der Waals surface area contributed by atoms with E-state index < -0.39 is 0 Å². The van der Waals surface area contributed by atoms with E-state index in [2.05, 4.69) is 16.9 Å². The number of carbonyl (C=O) groups excluding carboxylic acids is 1. The van der Waals surface area contributed by atoms with Crippen LogP contribution in [0.1, 0.15) is 19.8 Å². The van der Waals surface area contributed by atoms with Crippen LogP contribution in [-0.2, 0) is 0 Å². The number of carbonyl (C=O) groups is 1. The Morgan fingerprint density at radius 1 is 1.28 bits per heavy atom. The molecule has 0 radical (unpaired) electrons. The maximum Gasteiger partial charge on any atom is 0.328 e. The highest BCUT2D eigenvalue weighted by Gasteiger charge is 2.28. The van der Waals surface area contributed by atoms with E-state index in [0.29, 0.717) is 31.4 Å². The average Bonchev–Trinajstić information content (AvgIpc) is 3.16. The highest BCUT2D eigenvalue weighted by molar-refractivity contribution is 5.93. The summed E-state index contributed by atoms with van der Waals surface area (Å²) >= 11 is 0. The van der Waals surface area contributed by atoms with Crippen molar-refractivity contribution < 1.29 is 9.53 Å². The minimum absolute atomic E-state index is 0.0127. The van der Waals surface area contributed by atoms with E-state index in [4.69, 9.17) is 10.5 Å². The smallest absolute Gasteiger partial charge is 0.328 e. The van der Waals surface area contributed by atoms with Crippen LogP contribution in [-0.4, -0.2) is 53.3 Å². The molecule has 2 aromatic heterocycles. The fourth-order valence-corrected chi connectivity index (χ4v) is 4.01. The van der Waals surface area contributed by atoms with Crippen molar-refractivity contribution in [2.45, 2.75) is 25.8 Å². The molecule has 1 saturated heterocycles. The van der Waals surface area contributed by atoms with Crippen molar-refractivity contribution in [2.24, 2.45) is 0 Å². The predicted molar refractivity (Wildman–Crippen MR) is 116 cm³/mol. The quantitative estimate of drug-likeness (QED) is 0.686. The molecule has 2 N–H and O–H groups in total. The number of nitrogens with two attached hydrogens (primary N) is 1. The van der Waals surface area contributed by atoms with Gasteiger partial charge in [0.2, 0.25) is 0 Å². The number of nitrogens with zero attached hydrogens (tertiary/aromatic N) is 4. The number of likely N-dealkylation sites (tertiary alicyclic amines) is 1. The summed E-state index contributed by atoms with van der Waals surface area (Å²) in [6.45, 7) is 3.99. The lowest BCUT2D eigenvalue weighted by atomic mass is 10.0. The van der Waals surface area contributed by atoms with E-state index in [9.17, 15) is 4.79 Å². The topological polar surface area (TPSA) is 76.6 Å². The lowest BCUT2D eigenvalue weighted by molar-refractivity contribution is 0.183. The van der Waals surface area contributed by atoms with E-state index in [1.54, 1.807) is 10.8 Å². The monoisotopic (exact) mass is 393 g/mol. The van der Waals surface area contributed by atoms with E-state index in [-0.39, 0.29) is 6.03 Å². The van der Waals surface area contributed by atoms with Crippen LogP contribution in [0.25, 0.3) is 10.9 Å². The largest absolute Gasteiger partial charge is 0.490 e. The highest BCUT2D eigenvalue weighted by Crippen LogP contribution is 2.29. The number of ether oxygens (including phenoxy) is 1. The van der Waals surface area contributed by atoms with E-state index in [0.717, 1.165) is 35.3 Å². The zero-order chi connectivity index (χ0) is 20.4. The number of amides is 1. The third kappa shape index (κ3) is 3.72. The van der Waals surface area contributed by atoms with Crippen LogP contribution in [0.5, 0.6) is 5.75 Å². The lowest BCUT2D eigenvalue weighted by Crippen LogP contribution is -2.47. The summed E-state index contributed by atoms with van der Waals surface area (Å²) in [5, 5.41) is 0.978. The van der Waals surface area contributed by atoms with Gasteiger partial charge in [-0.2, -0.15) is 0 Å². The second kappa shape index (κ2) is 8.03. The maximum atomic E-state index is 13.1. The number of rotatable bonds is 4. The molecule has 0 atom stereocenters. The molecule has 152 valence electrons. The molecule has 3 aromatic rings. The minimum Gasteiger partial charge on any atom is -0.490 e.